The van der Waals surface area contributed by atoms with Crippen molar-refractivity contribution in [3.8, 4) is 0 Å². The quantitative estimate of drug-likeness (QED) is 0.769. The summed E-state index contributed by atoms with van der Waals surface area (Å²) < 4.78 is 14.0. The lowest BCUT2D eigenvalue weighted by Crippen LogP contribution is -2.04. The van der Waals surface area contributed by atoms with Gasteiger partial charge >= 0.3 is 0 Å². The van der Waals surface area contributed by atoms with Crippen molar-refractivity contribution in [2.75, 3.05) is 11.9 Å². The van der Waals surface area contributed by atoms with Crippen molar-refractivity contribution in [1.82, 2.24) is 4.98 Å². The Morgan fingerprint density at radius 1 is 1.15 bits per heavy atom. The third kappa shape index (κ3) is 2.80. The summed E-state index contributed by atoms with van der Waals surface area (Å²) in [5.41, 5.74) is 3.39. The SMILES string of the molecule is Cc1cccc2sc(NCCc3ccc(F)cc3)nc12. The molecule has 0 aliphatic heterocycles. The molecular formula is C16H15FN2S. The average Bonchev–Trinajstić information content (AvgIpc) is 2.85. The monoisotopic (exact) mass is 286 g/mol. The highest BCUT2D eigenvalue weighted by Gasteiger charge is 2.05. The highest BCUT2D eigenvalue weighted by Crippen LogP contribution is 2.27. The second-order valence-electron chi connectivity index (χ2n) is 4.74. The number of para-hydroxylation sites is 1. The van der Waals surface area contributed by atoms with E-state index in [9.17, 15) is 4.39 Å². The standard InChI is InChI=1S/C16H15FN2S/c1-11-3-2-4-14-15(11)19-16(20-14)18-10-9-12-5-7-13(17)8-6-12/h2-8H,9-10H2,1H3,(H,18,19). The number of aryl methyl sites for hydroxylation is 1. The summed E-state index contributed by atoms with van der Waals surface area (Å²) in [6, 6.07) is 12.8. The molecule has 3 rings (SSSR count). The van der Waals surface area contributed by atoms with Gasteiger partial charge in [0.25, 0.3) is 0 Å². The van der Waals surface area contributed by atoms with E-state index in [4.69, 9.17) is 0 Å². The third-order valence-electron chi connectivity index (χ3n) is 3.22. The molecule has 3 aromatic rings. The fraction of sp³-hybridized carbons (Fsp3) is 0.188. The van der Waals surface area contributed by atoms with Crippen molar-refractivity contribution in [3.05, 3.63) is 59.4 Å². The Labute approximate surface area is 121 Å². The second-order valence-corrected chi connectivity index (χ2v) is 5.77. The van der Waals surface area contributed by atoms with E-state index in [-0.39, 0.29) is 5.82 Å². The van der Waals surface area contributed by atoms with Gasteiger partial charge in [-0.3, -0.25) is 0 Å². The lowest BCUT2D eigenvalue weighted by molar-refractivity contribution is 0.627. The Morgan fingerprint density at radius 3 is 2.70 bits per heavy atom. The maximum absolute atomic E-state index is 12.8. The third-order valence-corrected chi connectivity index (χ3v) is 4.20. The summed E-state index contributed by atoms with van der Waals surface area (Å²) in [7, 11) is 0. The molecule has 2 aromatic carbocycles. The maximum atomic E-state index is 12.8. The minimum Gasteiger partial charge on any atom is -0.361 e. The summed E-state index contributed by atoms with van der Waals surface area (Å²) in [5, 5.41) is 4.28. The number of anilines is 1. The average molecular weight is 286 g/mol. The minimum atomic E-state index is -0.191. The van der Waals surface area contributed by atoms with E-state index in [1.165, 1.54) is 22.4 Å². The number of halogens is 1. The highest BCUT2D eigenvalue weighted by atomic mass is 32.1. The summed E-state index contributed by atoms with van der Waals surface area (Å²) in [4.78, 5) is 4.60. The molecule has 0 atom stereocenters. The lowest BCUT2D eigenvalue weighted by Gasteiger charge is -2.02. The fourth-order valence-electron chi connectivity index (χ4n) is 2.13. The van der Waals surface area contributed by atoms with E-state index in [2.05, 4.69) is 35.4 Å². The molecule has 0 saturated heterocycles. The van der Waals surface area contributed by atoms with Crippen LogP contribution in [0.4, 0.5) is 9.52 Å². The molecule has 102 valence electrons. The van der Waals surface area contributed by atoms with Crippen molar-refractivity contribution in [3.63, 3.8) is 0 Å². The summed E-state index contributed by atoms with van der Waals surface area (Å²) in [6.45, 7) is 2.87. The van der Waals surface area contributed by atoms with Crippen LogP contribution in [0.2, 0.25) is 0 Å². The van der Waals surface area contributed by atoms with Gasteiger partial charge in [0.05, 0.1) is 10.2 Å². The van der Waals surface area contributed by atoms with Crippen LogP contribution < -0.4 is 5.32 Å². The summed E-state index contributed by atoms with van der Waals surface area (Å²) in [5.74, 6) is -0.191. The smallest absolute Gasteiger partial charge is 0.183 e. The van der Waals surface area contributed by atoms with Gasteiger partial charge in [0.15, 0.2) is 5.13 Å². The topological polar surface area (TPSA) is 24.9 Å². The molecule has 0 unspecified atom stereocenters. The number of thiazole rings is 1. The van der Waals surface area contributed by atoms with Crippen molar-refractivity contribution in [1.29, 1.82) is 0 Å². The van der Waals surface area contributed by atoms with Crippen LogP contribution in [0.3, 0.4) is 0 Å². The van der Waals surface area contributed by atoms with Crippen LogP contribution in [0.15, 0.2) is 42.5 Å². The van der Waals surface area contributed by atoms with Crippen LogP contribution in [-0.2, 0) is 6.42 Å². The lowest BCUT2D eigenvalue weighted by atomic mass is 10.1. The van der Waals surface area contributed by atoms with Crippen molar-refractivity contribution in [2.24, 2.45) is 0 Å². The van der Waals surface area contributed by atoms with Gasteiger partial charge in [-0.15, -0.1) is 0 Å². The Hall–Kier alpha value is -1.94. The van der Waals surface area contributed by atoms with Crippen LogP contribution in [-0.4, -0.2) is 11.5 Å². The fourth-order valence-corrected chi connectivity index (χ4v) is 3.10. The largest absolute Gasteiger partial charge is 0.361 e. The van der Waals surface area contributed by atoms with Crippen LogP contribution in [0.1, 0.15) is 11.1 Å². The molecule has 1 aromatic heterocycles. The molecule has 0 aliphatic carbocycles. The normalized spacial score (nSPS) is 10.9. The second kappa shape index (κ2) is 5.59. The van der Waals surface area contributed by atoms with Gasteiger partial charge in [0.1, 0.15) is 5.82 Å². The van der Waals surface area contributed by atoms with E-state index >= 15 is 0 Å². The van der Waals surface area contributed by atoms with Gasteiger partial charge in [-0.05, 0) is 42.7 Å². The Morgan fingerprint density at radius 2 is 1.95 bits per heavy atom. The molecule has 1 heterocycles. The zero-order valence-electron chi connectivity index (χ0n) is 11.2. The van der Waals surface area contributed by atoms with Crippen molar-refractivity contribution >= 4 is 26.7 Å². The Balaban J connectivity index is 1.65. The van der Waals surface area contributed by atoms with Crippen LogP contribution in [0.5, 0.6) is 0 Å². The van der Waals surface area contributed by atoms with Crippen LogP contribution >= 0.6 is 11.3 Å². The first-order valence-electron chi connectivity index (χ1n) is 6.57. The predicted molar refractivity (Wildman–Crippen MR) is 83.0 cm³/mol. The van der Waals surface area contributed by atoms with Gasteiger partial charge in [0.2, 0.25) is 0 Å². The molecule has 0 bridgehead atoms. The molecule has 0 spiro atoms. The molecule has 4 heteroatoms. The van der Waals surface area contributed by atoms with Crippen LogP contribution in [0, 0.1) is 12.7 Å². The minimum absolute atomic E-state index is 0.191. The molecule has 0 fully saturated rings. The first-order chi connectivity index (χ1) is 9.72. The van der Waals surface area contributed by atoms with Crippen molar-refractivity contribution in [2.45, 2.75) is 13.3 Å². The first-order valence-corrected chi connectivity index (χ1v) is 7.38. The number of benzene rings is 2. The van der Waals surface area contributed by atoms with E-state index in [1.54, 1.807) is 11.3 Å². The molecule has 20 heavy (non-hydrogen) atoms. The first kappa shape index (κ1) is 13.1. The molecular weight excluding hydrogens is 271 g/mol. The number of rotatable bonds is 4. The van der Waals surface area contributed by atoms with Gasteiger partial charge in [0, 0.05) is 6.54 Å². The number of nitrogens with zero attached hydrogens (tertiary/aromatic N) is 1. The highest BCUT2D eigenvalue weighted by molar-refractivity contribution is 7.22. The molecule has 0 aliphatic rings. The zero-order valence-corrected chi connectivity index (χ0v) is 12.0. The molecule has 0 saturated carbocycles. The van der Waals surface area contributed by atoms with Crippen molar-refractivity contribution < 1.29 is 4.39 Å². The van der Waals surface area contributed by atoms with E-state index in [0.29, 0.717) is 0 Å². The Bertz CT molecular complexity index is 719. The van der Waals surface area contributed by atoms with E-state index in [1.807, 2.05) is 12.1 Å². The van der Waals surface area contributed by atoms with Crippen LogP contribution in [0.25, 0.3) is 10.2 Å². The van der Waals surface area contributed by atoms with Gasteiger partial charge in [-0.25, -0.2) is 9.37 Å². The molecule has 2 nitrogen and oxygen atoms in total. The number of fused-ring (bicyclic) bond motifs is 1. The van der Waals surface area contributed by atoms with E-state index < -0.39 is 0 Å². The summed E-state index contributed by atoms with van der Waals surface area (Å²) in [6.07, 6.45) is 0.856. The van der Waals surface area contributed by atoms with Gasteiger partial charge in [-0.2, -0.15) is 0 Å². The molecule has 1 N–H and O–H groups in total. The Kier molecular flexibility index (Phi) is 3.65. The number of nitrogens with one attached hydrogen (secondary N) is 1. The maximum Gasteiger partial charge on any atom is 0.183 e. The zero-order chi connectivity index (χ0) is 13.9. The van der Waals surface area contributed by atoms with Gasteiger partial charge in [-0.1, -0.05) is 35.6 Å². The van der Waals surface area contributed by atoms with Gasteiger partial charge < -0.3 is 5.32 Å². The number of hydrogen-bond acceptors (Lipinski definition) is 3. The molecule has 0 radical (unpaired) electrons. The predicted octanol–water partition coefficient (Wildman–Crippen LogP) is 4.40. The van der Waals surface area contributed by atoms with E-state index in [0.717, 1.165) is 29.2 Å². The number of aromatic nitrogens is 1. The summed E-state index contributed by atoms with van der Waals surface area (Å²) >= 11 is 1.67. The molecule has 0 amide bonds. The number of hydrogen-bond donors (Lipinski definition) is 1.